The van der Waals surface area contributed by atoms with Gasteiger partial charge < -0.3 is 42.6 Å². The standard InChI is InChI=1S/C44H54O18/c1-6-43(4,40(52)55-14-28(46)58-31-19-8-22-25(11-19)37(49)61-34(22)31)17-44(5,41(53)56-15-29(47)59-32-20-9-23-26(12-20)38(50)62-35(23)32)16-42(2,3)39(51)54-13-27(45)57-30-18-7-21-24(10-18)36(48)60-33(21)30/h18-26,30-35H,6-17H2,1-5H3. The fraction of sp³-hybridized carbons (Fsp3) is 0.795. The Morgan fingerprint density at radius 1 is 0.500 bits per heavy atom. The van der Waals surface area contributed by atoms with E-state index in [1.165, 1.54) is 20.8 Å². The van der Waals surface area contributed by atoms with E-state index in [2.05, 4.69) is 0 Å². The first kappa shape index (κ1) is 42.5. The molecule has 17 atom stereocenters. The van der Waals surface area contributed by atoms with E-state index in [1.807, 2.05) is 0 Å². The Hall–Kier alpha value is -4.77. The molecule has 3 heterocycles. The van der Waals surface area contributed by atoms with Gasteiger partial charge in [0.2, 0.25) is 0 Å². The molecule has 6 aliphatic carbocycles. The van der Waals surface area contributed by atoms with Crippen molar-refractivity contribution >= 4 is 53.7 Å². The fourth-order valence-corrected chi connectivity index (χ4v) is 13.1. The van der Waals surface area contributed by atoms with Crippen molar-refractivity contribution in [3.05, 3.63) is 0 Å². The van der Waals surface area contributed by atoms with Gasteiger partial charge in [0.25, 0.3) is 0 Å². The van der Waals surface area contributed by atoms with Gasteiger partial charge in [-0.2, -0.15) is 0 Å². The number of carbonyl (C=O) groups is 9. The second-order valence-corrected chi connectivity index (χ2v) is 20.5. The summed E-state index contributed by atoms with van der Waals surface area (Å²) in [6, 6.07) is 0. The van der Waals surface area contributed by atoms with E-state index in [0.717, 1.165) is 0 Å². The van der Waals surface area contributed by atoms with Gasteiger partial charge in [-0.25, -0.2) is 14.4 Å². The number of rotatable bonds is 17. The van der Waals surface area contributed by atoms with Crippen molar-refractivity contribution in [1.82, 2.24) is 0 Å². The van der Waals surface area contributed by atoms with Gasteiger partial charge in [-0.1, -0.05) is 6.92 Å². The zero-order chi connectivity index (χ0) is 44.2. The second kappa shape index (κ2) is 15.2. The molecule has 18 heteroatoms. The monoisotopic (exact) mass is 870 g/mol. The summed E-state index contributed by atoms with van der Waals surface area (Å²) in [5.74, 6) is -6.64. The van der Waals surface area contributed by atoms with Crippen LogP contribution in [0.2, 0.25) is 0 Å². The van der Waals surface area contributed by atoms with Crippen LogP contribution in [0.4, 0.5) is 0 Å². The van der Waals surface area contributed by atoms with Crippen LogP contribution in [0.15, 0.2) is 0 Å². The van der Waals surface area contributed by atoms with Crippen molar-refractivity contribution < 1.29 is 85.8 Å². The molecule has 9 rings (SSSR count). The zero-order valence-electron chi connectivity index (χ0n) is 35.5. The molecule has 3 aliphatic heterocycles. The smallest absolute Gasteiger partial charge is 0.344 e. The molecule has 0 N–H and O–H groups in total. The third kappa shape index (κ3) is 7.10. The molecule has 9 fully saturated rings. The Morgan fingerprint density at radius 3 is 1.19 bits per heavy atom. The highest BCUT2D eigenvalue weighted by molar-refractivity contribution is 5.86. The largest absolute Gasteiger partial charge is 0.458 e. The fourth-order valence-electron chi connectivity index (χ4n) is 13.1. The summed E-state index contributed by atoms with van der Waals surface area (Å²) in [4.78, 5) is 117. The Kier molecular flexibility index (Phi) is 10.4. The van der Waals surface area contributed by atoms with E-state index in [1.54, 1.807) is 13.8 Å². The van der Waals surface area contributed by atoms with Crippen molar-refractivity contribution in [3.63, 3.8) is 0 Å². The first-order valence-corrected chi connectivity index (χ1v) is 22.0. The molecule has 62 heavy (non-hydrogen) atoms. The summed E-state index contributed by atoms with van der Waals surface area (Å²) in [6.07, 6.45) is -0.128. The SMILES string of the molecule is CCC(C)(CC(C)(CC(C)(C)C(=O)OCC(=O)OC1C2CC3C(=O)OC1C3C2)C(=O)OCC(=O)OC1C2CC3C(=O)OC1C3C2)C(=O)OCC(=O)OC1C2CC3C(=O)OC1C3C2. The lowest BCUT2D eigenvalue weighted by molar-refractivity contribution is -0.180. The molecule has 18 nitrogen and oxygen atoms in total. The van der Waals surface area contributed by atoms with Gasteiger partial charge in [-0.3, -0.25) is 28.8 Å². The number of fused-ring (bicyclic) bond motifs is 3. The Labute approximate surface area is 357 Å². The Balaban J connectivity index is 0.837. The van der Waals surface area contributed by atoms with Gasteiger partial charge in [0, 0.05) is 35.5 Å². The van der Waals surface area contributed by atoms with Crippen LogP contribution in [0.1, 0.15) is 92.4 Å². The van der Waals surface area contributed by atoms with Crippen LogP contribution in [0, 0.1) is 69.5 Å². The summed E-state index contributed by atoms with van der Waals surface area (Å²) in [7, 11) is 0. The molecule has 0 amide bonds. The first-order chi connectivity index (χ1) is 29.3. The molecule has 0 aromatic rings. The quantitative estimate of drug-likeness (QED) is 0.151. The lowest BCUT2D eigenvalue weighted by atomic mass is 9.65. The number of hydrogen-bond acceptors (Lipinski definition) is 18. The van der Waals surface area contributed by atoms with E-state index in [9.17, 15) is 43.2 Å². The van der Waals surface area contributed by atoms with Crippen LogP contribution < -0.4 is 0 Å². The summed E-state index contributed by atoms with van der Waals surface area (Å²) in [5, 5.41) is 0. The normalized spacial score (nSPS) is 39.0. The zero-order valence-corrected chi connectivity index (χ0v) is 35.5. The van der Waals surface area contributed by atoms with Crippen molar-refractivity contribution in [3.8, 4) is 0 Å². The number of ether oxygens (including phenoxy) is 9. The van der Waals surface area contributed by atoms with Crippen LogP contribution in [0.5, 0.6) is 0 Å². The van der Waals surface area contributed by atoms with Crippen LogP contribution in [-0.4, -0.2) is 110 Å². The summed E-state index contributed by atoms with van der Waals surface area (Å²) < 4.78 is 49.9. The average molecular weight is 871 g/mol. The molecule has 0 spiro atoms. The molecule has 0 aromatic heterocycles. The maximum Gasteiger partial charge on any atom is 0.344 e. The molecular weight excluding hydrogens is 816 g/mol. The highest BCUT2D eigenvalue weighted by Crippen LogP contribution is 2.58. The third-order valence-corrected chi connectivity index (χ3v) is 15.9. The van der Waals surface area contributed by atoms with Gasteiger partial charge >= 0.3 is 53.7 Å². The van der Waals surface area contributed by atoms with E-state index in [-0.39, 0.29) is 90.4 Å². The topological polar surface area (TPSA) is 237 Å². The van der Waals surface area contributed by atoms with Gasteiger partial charge in [0.1, 0.15) is 36.6 Å². The molecule has 6 bridgehead atoms. The predicted octanol–water partition coefficient (Wildman–Crippen LogP) is 2.32. The number of hydrogen-bond donors (Lipinski definition) is 0. The number of carbonyl (C=O) groups excluding carboxylic acids is 9. The van der Waals surface area contributed by atoms with Crippen LogP contribution in [-0.2, 0) is 85.8 Å². The lowest BCUT2D eigenvalue weighted by Crippen LogP contribution is -2.45. The Bertz CT molecular complexity index is 1980. The molecule has 3 saturated heterocycles. The summed E-state index contributed by atoms with van der Waals surface area (Å²) >= 11 is 0. The highest BCUT2D eigenvalue weighted by Gasteiger charge is 2.65. The van der Waals surface area contributed by atoms with Gasteiger partial charge in [0.15, 0.2) is 19.8 Å². The van der Waals surface area contributed by atoms with E-state index >= 15 is 0 Å². The van der Waals surface area contributed by atoms with Gasteiger partial charge in [-0.15, -0.1) is 0 Å². The molecule has 0 radical (unpaired) electrons. The Morgan fingerprint density at radius 2 is 0.839 bits per heavy atom. The molecule has 17 unspecified atom stereocenters. The van der Waals surface area contributed by atoms with Crippen molar-refractivity contribution in [2.45, 2.75) is 129 Å². The van der Waals surface area contributed by atoms with Crippen molar-refractivity contribution in [2.24, 2.45) is 69.5 Å². The molecule has 0 aromatic carbocycles. The maximum absolute atomic E-state index is 14.2. The average Bonchev–Trinajstić information content (AvgIpc) is 4.10. The number of esters is 9. The molecular formula is C44H54O18. The second-order valence-electron chi connectivity index (χ2n) is 20.5. The van der Waals surface area contributed by atoms with E-state index in [4.69, 9.17) is 42.6 Å². The van der Waals surface area contributed by atoms with Crippen LogP contribution in [0.3, 0.4) is 0 Å². The van der Waals surface area contributed by atoms with E-state index in [0.29, 0.717) is 38.5 Å². The minimum absolute atomic E-state index is 0.00337. The lowest BCUT2D eigenvalue weighted by Gasteiger charge is -2.39. The predicted molar refractivity (Wildman–Crippen MR) is 201 cm³/mol. The first-order valence-electron chi connectivity index (χ1n) is 22.0. The van der Waals surface area contributed by atoms with Gasteiger partial charge in [0.05, 0.1) is 34.0 Å². The highest BCUT2D eigenvalue weighted by atomic mass is 16.6. The third-order valence-electron chi connectivity index (χ3n) is 15.9. The van der Waals surface area contributed by atoms with E-state index < -0.39 is 109 Å². The molecule has 9 aliphatic rings. The summed E-state index contributed by atoms with van der Waals surface area (Å²) in [5.41, 5.74) is -4.63. The van der Waals surface area contributed by atoms with Crippen molar-refractivity contribution in [2.75, 3.05) is 19.8 Å². The van der Waals surface area contributed by atoms with Crippen LogP contribution >= 0.6 is 0 Å². The van der Waals surface area contributed by atoms with Crippen molar-refractivity contribution in [1.29, 1.82) is 0 Å². The maximum atomic E-state index is 14.2. The molecule has 338 valence electrons. The van der Waals surface area contributed by atoms with Gasteiger partial charge in [-0.05, 0) is 85.5 Å². The van der Waals surface area contributed by atoms with Crippen LogP contribution in [0.25, 0.3) is 0 Å². The summed E-state index contributed by atoms with van der Waals surface area (Å²) in [6.45, 7) is 5.42. The molecule has 6 saturated carbocycles. The minimum atomic E-state index is -1.69. The minimum Gasteiger partial charge on any atom is -0.458 e.